The van der Waals surface area contributed by atoms with Crippen molar-refractivity contribution in [1.29, 1.82) is 0 Å². The van der Waals surface area contributed by atoms with Crippen molar-refractivity contribution < 1.29 is 4.79 Å². The average molecular weight is 207 g/mol. The number of carbonyl (C=O) groups excluding carboxylic acids is 1. The molecule has 0 aliphatic heterocycles. The molecule has 0 unspecified atom stereocenters. The number of hydrogen-bond acceptors (Lipinski definition) is 4. The minimum atomic E-state index is -0.382. The van der Waals surface area contributed by atoms with E-state index in [4.69, 9.17) is 11.5 Å². The maximum absolute atomic E-state index is 11.3. The molecule has 0 fully saturated rings. The van der Waals surface area contributed by atoms with Gasteiger partial charge in [0.1, 0.15) is 11.6 Å². The third kappa shape index (κ3) is 3.32. The highest BCUT2D eigenvalue weighted by molar-refractivity contribution is 5.83. The number of aromatic nitrogens is 1. The van der Waals surface area contributed by atoms with Gasteiger partial charge < -0.3 is 11.5 Å². The Hall–Kier alpha value is -1.42. The van der Waals surface area contributed by atoms with Gasteiger partial charge in [0.05, 0.1) is 6.04 Å². The number of Topliss-reactive ketones (excluding diaryl/α,β-unsaturated/α-hetero) is 1. The van der Waals surface area contributed by atoms with Gasteiger partial charge >= 0.3 is 0 Å². The number of nitrogens with two attached hydrogens (primary N) is 2. The van der Waals surface area contributed by atoms with Crippen LogP contribution >= 0.6 is 0 Å². The molecule has 0 radical (unpaired) electrons. The first-order chi connectivity index (χ1) is 7.00. The minimum Gasteiger partial charge on any atom is -0.384 e. The number of hydrogen-bond donors (Lipinski definition) is 2. The lowest BCUT2D eigenvalue weighted by molar-refractivity contribution is -0.119. The number of rotatable bonds is 4. The Morgan fingerprint density at radius 2 is 2.20 bits per heavy atom. The van der Waals surface area contributed by atoms with E-state index in [1.807, 2.05) is 13.0 Å². The van der Waals surface area contributed by atoms with Crippen molar-refractivity contribution in [1.82, 2.24) is 4.98 Å². The molecule has 1 aromatic rings. The van der Waals surface area contributed by atoms with Crippen molar-refractivity contribution in [3.05, 3.63) is 23.4 Å². The topological polar surface area (TPSA) is 82.0 Å². The van der Waals surface area contributed by atoms with Crippen LogP contribution in [0.2, 0.25) is 0 Å². The molecule has 0 aliphatic carbocycles. The van der Waals surface area contributed by atoms with Crippen LogP contribution in [0.25, 0.3) is 0 Å². The van der Waals surface area contributed by atoms with E-state index in [1.165, 1.54) is 0 Å². The van der Waals surface area contributed by atoms with E-state index in [-0.39, 0.29) is 11.8 Å². The van der Waals surface area contributed by atoms with Crippen LogP contribution in [0.15, 0.2) is 12.1 Å². The molecule has 15 heavy (non-hydrogen) atoms. The first-order valence-corrected chi connectivity index (χ1v) is 5.01. The average Bonchev–Trinajstić information content (AvgIpc) is 2.15. The van der Waals surface area contributed by atoms with Crippen molar-refractivity contribution in [3.63, 3.8) is 0 Å². The molecule has 0 saturated carbocycles. The fraction of sp³-hybridized carbons (Fsp3) is 0.455. The molecule has 0 saturated heterocycles. The van der Waals surface area contributed by atoms with Crippen LogP contribution in [0, 0.1) is 6.92 Å². The van der Waals surface area contributed by atoms with E-state index in [0.29, 0.717) is 18.7 Å². The third-order valence-electron chi connectivity index (χ3n) is 2.37. The lowest BCUT2D eigenvalue weighted by Crippen LogP contribution is -2.26. The second-order valence-electron chi connectivity index (χ2n) is 3.74. The lowest BCUT2D eigenvalue weighted by Gasteiger charge is -2.06. The minimum absolute atomic E-state index is 0.0752. The summed E-state index contributed by atoms with van der Waals surface area (Å²) in [6, 6.07) is 3.28. The highest BCUT2D eigenvalue weighted by Crippen LogP contribution is 2.10. The van der Waals surface area contributed by atoms with Gasteiger partial charge in [-0.3, -0.25) is 4.79 Å². The zero-order chi connectivity index (χ0) is 11.4. The Balaban J connectivity index is 2.62. The molecule has 4 N–H and O–H groups in total. The molecule has 0 spiro atoms. The standard InChI is InChI=1S/C11H17N3O/c1-7(12)10(15)5-3-9-4-6-11(13)14-8(9)2/h4,6-7H,3,5,12H2,1-2H3,(H2,13,14)/t7-/m0/s1. The number of pyridine rings is 1. The van der Waals surface area contributed by atoms with E-state index < -0.39 is 0 Å². The van der Waals surface area contributed by atoms with Gasteiger partial charge in [0.25, 0.3) is 0 Å². The highest BCUT2D eigenvalue weighted by atomic mass is 16.1. The first-order valence-electron chi connectivity index (χ1n) is 5.01. The summed E-state index contributed by atoms with van der Waals surface area (Å²) in [6.07, 6.45) is 1.14. The summed E-state index contributed by atoms with van der Waals surface area (Å²) in [4.78, 5) is 15.5. The van der Waals surface area contributed by atoms with Gasteiger partial charge in [-0.2, -0.15) is 0 Å². The molecular formula is C11H17N3O. The number of anilines is 1. The summed E-state index contributed by atoms with van der Waals surface area (Å²) < 4.78 is 0. The smallest absolute Gasteiger partial charge is 0.149 e. The van der Waals surface area contributed by atoms with Crippen molar-refractivity contribution in [2.24, 2.45) is 5.73 Å². The van der Waals surface area contributed by atoms with Gasteiger partial charge in [0.2, 0.25) is 0 Å². The molecule has 4 nitrogen and oxygen atoms in total. The van der Waals surface area contributed by atoms with Crippen LogP contribution in [0.5, 0.6) is 0 Å². The van der Waals surface area contributed by atoms with Gasteiger partial charge in [0.15, 0.2) is 0 Å². The summed E-state index contributed by atoms with van der Waals surface area (Å²) in [7, 11) is 0. The van der Waals surface area contributed by atoms with Crippen LogP contribution in [0.1, 0.15) is 24.6 Å². The highest BCUT2D eigenvalue weighted by Gasteiger charge is 2.08. The fourth-order valence-corrected chi connectivity index (χ4v) is 1.36. The van der Waals surface area contributed by atoms with Crippen LogP contribution in [0.3, 0.4) is 0 Å². The Morgan fingerprint density at radius 3 is 2.73 bits per heavy atom. The fourth-order valence-electron chi connectivity index (χ4n) is 1.36. The lowest BCUT2D eigenvalue weighted by atomic mass is 10.0. The first kappa shape index (κ1) is 11.7. The zero-order valence-corrected chi connectivity index (χ0v) is 9.16. The van der Waals surface area contributed by atoms with Crippen LogP contribution < -0.4 is 11.5 Å². The SMILES string of the molecule is Cc1nc(N)ccc1CCC(=O)[C@H](C)N. The van der Waals surface area contributed by atoms with E-state index in [9.17, 15) is 4.79 Å². The molecule has 0 amide bonds. The van der Waals surface area contributed by atoms with Crippen LogP contribution in [-0.2, 0) is 11.2 Å². The molecule has 1 aromatic heterocycles. The summed E-state index contributed by atoms with van der Waals surface area (Å²) in [5.74, 6) is 0.584. The van der Waals surface area contributed by atoms with E-state index in [1.54, 1.807) is 13.0 Å². The normalized spacial score (nSPS) is 12.5. The predicted molar refractivity (Wildman–Crippen MR) is 60.4 cm³/mol. The van der Waals surface area contributed by atoms with E-state index in [0.717, 1.165) is 11.3 Å². The number of carbonyl (C=O) groups is 1. The second kappa shape index (κ2) is 4.89. The summed E-state index contributed by atoms with van der Waals surface area (Å²) >= 11 is 0. The quantitative estimate of drug-likeness (QED) is 0.765. The summed E-state index contributed by atoms with van der Waals surface area (Å²) in [6.45, 7) is 3.60. The van der Waals surface area contributed by atoms with Gasteiger partial charge in [0, 0.05) is 12.1 Å². The number of ketones is 1. The van der Waals surface area contributed by atoms with Gasteiger partial charge in [-0.05, 0) is 31.9 Å². The molecule has 1 rings (SSSR count). The Kier molecular flexibility index (Phi) is 3.80. The van der Waals surface area contributed by atoms with Gasteiger partial charge in [-0.15, -0.1) is 0 Å². The molecule has 1 heterocycles. The van der Waals surface area contributed by atoms with Gasteiger partial charge in [-0.1, -0.05) is 6.07 Å². The van der Waals surface area contributed by atoms with Crippen molar-refractivity contribution in [3.8, 4) is 0 Å². The largest absolute Gasteiger partial charge is 0.384 e. The van der Waals surface area contributed by atoms with Crippen LogP contribution in [0.4, 0.5) is 5.82 Å². The molecule has 82 valence electrons. The van der Waals surface area contributed by atoms with E-state index in [2.05, 4.69) is 4.98 Å². The molecule has 4 heteroatoms. The predicted octanol–water partition coefficient (Wildman–Crippen LogP) is 0.821. The zero-order valence-electron chi connectivity index (χ0n) is 9.16. The molecule has 0 bridgehead atoms. The van der Waals surface area contributed by atoms with Crippen LogP contribution in [-0.4, -0.2) is 16.8 Å². The monoisotopic (exact) mass is 207 g/mol. The summed E-state index contributed by atoms with van der Waals surface area (Å²) in [5, 5.41) is 0. The Bertz CT molecular complexity index is 361. The second-order valence-corrected chi connectivity index (χ2v) is 3.74. The maximum Gasteiger partial charge on any atom is 0.149 e. The number of aryl methyl sites for hydroxylation is 2. The van der Waals surface area contributed by atoms with E-state index >= 15 is 0 Å². The maximum atomic E-state index is 11.3. The Morgan fingerprint density at radius 1 is 1.53 bits per heavy atom. The number of nitrogens with zero attached hydrogens (tertiary/aromatic N) is 1. The van der Waals surface area contributed by atoms with Crippen molar-refractivity contribution >= 4 is 11.6 Å². The molecule has 1 atom stereocenters. The van der Waals surface area contributed by atoms with Crippen molar-refractivity contribution in [2.75, 3.05) is 5.73 Å². The molecular weight excluding hydrogens is 190 g/mol. The summed E-state index contributed by atoms with van der Waals surface area (Å²) in [5.41, 5.74) is 12.9. The molecule has 0 aliphatic rings. The number of nitrogen functional groups attached to an aromatic ring is 1. The van der Waals surface area contributed by atoms with Gasteiger partial charge in [-0.25, -0.2) is 4.98 Å². The molecule has 0 aromatic carbocycles. The van der Waals surface area contributed by atoms with Crippen molar-refractivity contribution in [2.45, 2.75) is 32.7 Å². The third-order valence-corrected chi connectivity index (χ3v) is 2.37. The Labute approximate surface area is 89.7 Å².